The van der Waals surface area contributed by atoms with Gasteiger partial charge in [-0.25, -0.2) is 0 Å². The van der Waals surface area contributed by atoms with Crippen LogP contribution in [0.25, 0.3) is 0 Å². The Kier molecular flexibility index (Phi) is 3.82. The maximum absolute atomic E-state index is 12.3. The van der Waals surface area contributed by atoms with Crippen LogP contribution in [0.2, 0.25) is 5.02 Å². The first-order valence-corrected chi connectivity index (χ1v) is 6.35. The molecule has 0 unspecified atom stereocenters. The van der Waals surface area contributed by atoms with Crippen molar-refractivity contribution in [2.45, 2.75) is 12.7 Å². The van der Waals surface area contributed by atoms with Crippen LogP contribution in [0, 0.1) is 0 Å². The van der Waals surface area contributed by atoms with Crippen molar-refractivity contribution in [2.24, 2.45) is 0 Å². The third-order valence-electron chi connectivity index (χ3n) is 2.30. The van der Waals surface area contributed by atoms with Crippen molar-refractivity contribution in [3.8, 4) is 0 Å². The van der Waals surface area contributed by atoms with Crippen LogP contribution in [-0.2, 0) is 12.7 Å². The van der Waals surface area contributed by atoms with Gasteiger partial charge in [-0.15, -0.1) is 11.3 Å². The second-order valence-corrected chi connectivity index (χ2v) is 5.09. The molecular formula is C12H9ClF3NS. The summed E-state index contributed by atoms with van der Waals surface area (Å²) in [5, 5.41) is 5.52. The molecule has 0 bridgehead atoms. The summed E-state index contributed by atoms with van der Waals surface area (Å²) < 4.78 is 37.0. The topological polar surface area (TPSA) is 12.0 Å². The minimum atomic E-state index is -4.29. The van der Waals surface area contributed by atoms with Crippen molar-refractivity contribution in [1.29, 1.82) is 0 Å². The molecule has 1 heterocycles. The molecule has 1 nitrogen and oxygen atoms in total. The largest absolute Gasteiger partial charge is 0.416 e. The van der Waals surface area contributed by atoms with Gasteiger partial charge in [-0.1, -0.05) is 11.6 Å². The number of hydrogen-bond donors (Lipinski definition) is 1. The van der Waals surface area contributed by atoms with Gasteiger partial charge in [-0.2, -0.15) is 13.2 Å². The summed E-state index contributed by atoms with van der Waals surface area (Å²) in [5.41, 5.74) is -0.000240. The van der Waals surface area contributed by atoms with Crippen LogP contribution in [0.4, 0.5) is 18.9 Å². The molecule has 1 aromatic heterocycles. The van der Waals surface area contributed by atoms with Crippen molar-refractivity contribution in [1.82, 2.24) is 0 Å². The van der Waals surface area contributed by atoms with Crippen molar-refractivity contribution in [3.05, 3.63) is 51.2 Å². The van der Waals surface area contributed by atoms with Crippen LogP contribution in [-0.4, -0.2) is 0 Å². The summed E-state index contributed by atoms with van der Waals surface area (Å²) in [6.07, 6.45) is -4.29. The highest BCUT2D eigenvalue weighted by atomic mass is 35.5. The molecule has 0 saturated heterocycles. The van der Waals surface area contributed by atoms with Gasteiger partial charge in [0, 0.05) is 22.5 Å². The van der Waals surface area contributed by atoms with E-state index >= 15 is 0 Å². The molecule has 1 aromatic carbocycles. The molecule has 2 rings (SSSR count). The first-order valence-electron chi connectivity index (χ1n) is 5.09. The van der Waals surface area contributed by atoms with Gasteiger partial charge < -0.3 is 5.32 Å². The molecular weight excluding hydrogens is 283 g/mol. The fourth-order valence-corrected chi connectivity index (χ4v) is 2.43. The van der Waals surface area contributed by atoms with Crippen molar-refractivity contribution < 1.29 is 13.2 Å². The number of nitrogens with one attached hydrogen (secondary N) is 1. The Hall–Kier alpha value is -1.20. The molecule has 0 saturated carbocycles. The van der Waals surface area contributed by atoms with Gasteiger partial charge in [-0.3, -0.25) is 0 Å². The van der Waals surface area contributed by atoms with Crippen LogP contribution in [0.3, 0.4) is 0 Å². The molecule has 18 heavy (non-hydrogen) atoms. The maximum Gasteiger partial charge on any atom is 0.416 e. The zero-order valence-electron chi connectivity index (χ0n) is 9.09. The summed E-state index contributed by atoms with van der Waals surface area (Å²) in [6.45, 7) is 0.544. The monoisotopic (exact) mass is 291 g/mol. The molecule has 6 heteroatoms. The first kappa shape index (κ1) is 13.2. The van der Waals surface area contributed by atoms with Crippen LogP contribution in [0.5, 0.6) is 0 Å². The fourth-order valence-electron chi connectivity index (χ4n) is 1.41. The van der Waals surface area contributed by atoms with Gasteiger partial charge in [0.05, 0.1) is 10.6 Å². The molecule has 0 aliphatic rings. The smallest absolute Gasteiger partial charge is 0.380 e. The molecule has 2 aromatic rings. The number of alkyl halides is 3. The molecule has 0 radical (unpaired) electrons. The lowest BCUT2D eigenvalue weighted by Gasteiger charge is -2.08. The lowest BCUT2D eigenvalue weighted by Crippen LogP contribution is -2.05. The summed E-state index contributed by atoms with van der Waals surface area (Å²) in [5.74, 6) is 0. The predicted molar refractivity (Wildman–Crippen MR) is 68.1 cm³/mol. The van der Waals surface area contributed by atoms with Gasteiger partial charge >= 0.3 is 6.18 Å². The minimum absolute atomic E-state index is 0.544. The van der Waals surface area contributed by atoms with Gasteiger partial charge in [0.25, 0.3) is 0 Å². The van der Waals surface area contributed by atoms with Crippen LogP contribution < -0.4 is 5.32 Å². The molecule has 0 aliphatic carbocycles. The quantitative estimate of drug-likeness (QED) is 0.836. The van der Waals surface area contributed by atoms with Crippen LogP contribution >= 0.6 is 22.9 Å². The van der Waals surface area contributed by atoms with E-state index in [1.807, 2.05) is 11.4 Å². The van der Waals surface area contributed by atoms with Crippen molar-refractivity contribution in [3.63, 3.8) is 0 Å². The second-order valence-electron chi connectivity index (χ2n) is 3.66. The third kappa shape index (κ3) is 3.40. The Bertz CT molecular complexity index is 519. The number of halogens is 4. The van der Waals surface area contributed by atoms with E-state index in [4.69, 9.17) is 11.6 Å². The van der Waals surface area contributed by atoms with Gasteiger partial charge in [0.15, 0.2) is 0 Å². The maximum atomic E-state index is 12.3. The lowest BCUT2D eigenvalue weighted by atomic mass is 10.2. The highest BCUT2D eigenvalue weighted by molar-refractivity contribution is 7.10. The van der Waals surface area contributed by atoms with Crippen molar-refractivity contribution >= 4 is 28.6 Å². The highest BCUT2D eigenvalue weighted by Gasteiger charge is 2.29. The Labute approximate surface area is 111 Å². The van der Waals surface area contributed by atoms with Crippen molar-refractivity contribution in [2.75, 3.05) is 5.32 Å². The van der Waals surface area contributed by atoms with Gasteiger partial charge in [0.1, 0.15) is 0 Å². The number of hydrogen-bond acceptors (Lipinski definition) is 2. The number of benzene rings is 1. The predicted octanol–water partition coefficient (Wildman–Crippen LogP) is 5.03. The Morgan fingerprint density at radius 3 is 2.33 bits per heavy atom. The minimum Gasteiger partial charge on any atom is -0.380 e. The zero-order valence-corrected chi connectivity index (χ0v) is 10.7. The van der Waals surface area contributed by atoms with Crippen LogP contribution in [0.1, 0.15) is 10.4 Å². The first-order chi connectivity index (χ1) is 8.45. The Balaban J connectivity index is 1.98. The highest BCUT2D eigenvalue weighted by Crippen LogP contribution is 2.30. The molecule has 1 N–H and O–H groups in total. The summed E-state index contributed by atoms with van der Waals surface area (Å²) in [7, 11) is 0. The zero-order chi connectivity index (χ0) is 13.2. The van der Waals surface area contributed by atoms with E-state index in [2.05, 4.69) is 5.32 Å². The SMILES string of the molecule is FC(F)(F)c1ccc(NCc2cc(Cl)cs2)cc1. The fraction of sp³-hybridized carbons (Fsp3) is 0.167. The average molecular weight is 292 g/mol. The van der Waals surface area contributed by atoms with E-state index in [-0.39, 0.29) is 0 Å². The number of rotatable bonds is 3. The van der Waals surface area contributed by atoms with Gasteiger partial charge in [0.2, 0.25) is 0 Å². The summed E-state index contributed by atoms with van der Waals surface area (Å²) >= 11 is 7.27. The van der Waals surface area contributed by atoms with E-state index in [0.717, 1.165) is 17.0 Å². The Morgan fingerprint density at radius 2 is 1.83 bits per heavy atom. The van der Waals surface area contributed by atoms with Gasteiger partial charge in [-0.05, 0) is 30.3 Å². The standard InChI is InChI=1S/C12H9ClF3NS/c13-9-5-11(18-7-9)6-17-10-3-1-8(2-4-10)12(14,15)16/h1-5,7,17H,6H2. The van der Waals surface area contributed by atoms with E-state index in [0.29, 0.717) is 17.3 Å². The van der Waals surface area contributed by atoms with E-state index < -0.39 is 11.7 Å². The van der Waals surface area contributed by atoms with E-state index in [9.17, 15) is 13.2 Å². The molecule has 0 spiro atoms. The molecule has 0 aliphatic heterocycles. The number of anilines is 1. The lowest BCUT2D eigenvalue weighted by molar-refractivity contribution is -0.137. The van der Waals surface area contributed by atoms with E-state index in [1.165, 1.54) is 23.5 Å². The normalized spacial score (nSPS) is 11.6. The molecule has 0 amide bonds. The second kappa shape index (κ2) is 5.20. The van der Waals surface area contributed by atoms with E-state index in [1.54, 1.807) is 0 Å². The third-order valence-corrected chi connectivity index (χ3v) is 3.59. The summed E-state index contributed by atoms with van der Waals surface area (Å²) in [6, 6.07) is 6.77. The average Bonchev–Trinajstić information content (AvgIpc) is 2.72. The molecule has 0 atom stereocenters. The van der Waals surface area contributed by atoms with Crippen LogP contribution in [0.15, 0.2) is 35.7 Å². The summed E-state index contributed by atoms with van der Waals surface area (Å²) in [4.78, 5) is 1.03. The number of thiophene rings is 1. The molecule has 0 fully saturated rings. The Morgan fingerprint density at radius 1 is 1.17 bits per heavy atom. The molecule has 96 valence electrons.